The molecule has 0 saturated carbocycles. The second-order valence-electron chi connectivity index (χ2n) is 6.61. The summed E-state index contributed by atoms with van der Waals surface area (Å²) in [5, 5.41) is 13.5. The van der Waals surface area contributed by atoms with Gasteiger partial charge < -0.3 is 21.1 Å². The van der Waals surface area contributed by atoms with Crippen molar-refractivity contribution in [3.8, 4) is 0 Å². The van der Waals surface area contributed by atoms with Gasteiger partial charge in [-0.1, -0.05) is 35.9 Å². The van der Waals surface area contributed by atoms with Gasteiger partial charge in [0, 0.05) is 36.6 Å². The molecule has 142 valence electrons. The van der Waals surface area contributed by atoms with Crippen molar-refractivity contribution in [2.45, 2.75) is 31.7 Å². The largest absolute Gasteiger partial charge is 0.391 e. The number of aliphatic hydroxyl groups is 1. The van der Waals surface area contributed by atoms with Crippen LogP contribution in [-0.4, -0.2) is 40.5 Å². The van der Waals surface area contributed by atoms with Gasteiger partial charge in [0.05, 0.1) is 6.10 Å². The van der Waals surface area contributed by atoms with Gasteiger partial charge in [0.15, 0.2) is 0 Å². The molecule has 0 aromatic heterocycles. The fourth-order valence-corrected chi connectivity index (χ4v) is 3.32. The Balaban J connectivity index is 1.70. The third kappa shape index (κ3) is 4.66. The van der Waals surface area contributed by atoms with Gasteiger partial charge in [-0.05, 0) is 35.4 Å². The third-order valence-electron chi connectivity index (χ3n) is 4.63. The maximum Gasteiger partial charge on any atom is 0.254 e. The van der Waals surface area contributed by atoms with Crippen molar-refractivity contribution < 1.29 is 14.7 Å². The van der Waals surface area contributed by atoms with Crippen molar-refractivity contribution in [1.29, 1.82) is 0 Å². The Kier molecular flexibility index (Phi) is 6.11. The summed E-state index contributed by atoms with van der Waals surface area (Å²) in [5.74, 6) is -0.571. The number of benzene rings is 2. The van der Waals surface area contributed by atoms with Crippen molar-refractivity contribution >= 4 is 23.4 Å². The van der Waals surface area contributed by atoms with E-state index in [0.717, 1.165) is 11.1 Å². The van der Waals surface area contributed by atoms with Gasteiger partial charge in [0.1, 0.15) is 6.04 Å². The molecule has 6 nitrogen and oxygen atoms in total. The van der Waals surface area contributed by atoms with Gasteiger partial charge in [-0.25, -0.2) is 0 Å². The zero-order valence-electron chi connectivity index (χ0n) is 14.8. The fraction of sp³-hybridized carbons (Fsp3) is 0.300. The van der Waals surface area contributed by atoms with Gasteiger partial charge in [-0.15, -0.1) is 0 Å². The second kappa shape index (κ2) is 8.52. The van der Waals surface area contributed by atoms with Crippen LogP contribution in [0.2, 0.25) is 5.02 Å². The predicted octanol–water partition coefficient (Wildman–Crippen LogP) is 1.69. The van der Waals surface area contributed by atoms with E-state index in [9.17, 15) is 14.7 Å². The number of nitrogens with one attached hydrogen (secondary N) is 1. The van der Waals surface area contributed by atoms with E-state index in [2.05, 4.69) is 5.32 Å². The molecule has 0 radical (unpaired) electrons. The number of amides is 2. The quantitative estimate of drug-likeness (QED) is 0.727. The van der Waals surface area contributed by atoms with Crippen LogP contribution in [0.25, 0.3) is 0 Å². The van der Waals surface area contributed by atoms with Crippen LogP contribution in [0.4, 0.5) is 0 Å². The number of hydrogen-bond acceptors (Lipinski definition) is 4. The highest BCUT2D eigenvalue weighted by molar-refractivity contribution is 6.30. The highest BCUT2D eigenvalue weighted by Gasteiger charge is 2.39. The van der Waals surface area contributed by atoms with Crippen molar-refractivity contribution in [2.75, 3.05) is 6.54 Å². The highest BCUT2D eigenvalue weighted by atomic mass is 35.5. The molecular formula is C20H22ClN3O3. The minimum atomic E-state index is -0.724. The molecule has 1 heterocycles. The lowest BCUT2D eigenvalue weighted by molar-refractivity contribution is -0.125. The topological polar surface area (TPSA) is 95.7 Å². The van der Waals surface area contributed by atoms with Crippen molar-refractivity contribution in [3.05, 3.63) is 70.2 Å². The number of rotatable bonds is 5. The summed E-state index contributed by atoms with van der Waals surface area (Å²) < 4.78 is 0. The van der Waals surface area contributed by atoms with Crippen LogP contribution in [-0.2, 0) is 17.9 Å². The lowest BCUT2D eigenvalue weighted by Crippen LogP contribution is -2.45. The molecule has 0 spiro atoms. The van der Waals surface area contributed by atoms with Gasteiger partial charge in [0.2, 0.25) is 5.91 Å². The van der Waals surface area contributed by atoms with E-state index >= 15 is 0 Å². The monoisotopic (exact) mass is 387 g/mol. The molecule has 0 bridgehead atoms. The molecule has 1 fully saturated rings. The summed E-state index contributed by atoms with van der Waals surface area (Å²) in [6, 6.07) is 13.5. The first kappa shape index (κ1) is 19.4. The van der Waals surface area contributed by atoms with E-state index in [1.807, 2.05) is 18.2 Å². The van der Waals surface area contributed by atoms with Crippen molar-refractivity contribution in [1.82, 2.24) is 10.2 Å². The average molecular weight is 388 g/mol. The molecule has 2 aromatic carbocycles. The van der Waals surface area contributed by atoms with E-state index in [4.69, 9.17) is 17.3 Å². The van der Waals surface area contributed by atoms with Crippen LogP contribution in [0.15, 0.2) is 48.5 Å². The third-order valence-corrected chi connectivity index (χ3v) is 4.88. The summed E-state index contributed by atoms with van der Waals surface area (Å²) in [7, 11) is 0. The number of likely N-dealkylation sites (tertiary alicyclic amines) is 1. The second-order valence-corrected chi connectivity index (χ2v) is 7.05. The molecule has 0 aliphatic carbocycles. The molecule has 1 saturated heterocycles. The van der Waals surface area contributed by atoms with Crippen molar-refractivity contribution in [3.63, 3.8) is 0 Å². The lowest BCUT2D eigenvalue weighted by Gasteiger charge is -2.24. The van der Waals surface area contributed by atoms with Gasteiger partial charge in [-0.3, -0.25) is 9.59 Å². The van der Waals surface area contributed by atoms with Crippen LogP contribution in [0.1, 0.15) is 27.9 Å². The molecule has 2 aromatic rings. The zero-order chi connectivity index (χ0) is 19.4. The van der Waals surface area contributed by atoms with Crippen LogP contribution < -0.4 is 11.1 Å². The number of aliphatic hydroxyl groups excluding tert-OH is 1. The number of β-amino-alcohol motifs (C(OH)–C–C–N with tert-alkyl or cyclic N) is 1. The summed E-state index contributed by atoms with van der Waals surface area (Å²) in [4.78, 5) is 26.9. The lowest BCUT2D eigenvalue weighted by atomic mass is 10.1. The molecule has 0 unspecified atom stereocenters. The minimum Gasteiger partial charge on any atom is -0.391 e. The van der Waals surface area contributed by atoms with Crippen LogP contribution in [0.3, 0.4) is 0 Å². The van der Waals surface area contributed by atoms with Gasteiger partial charge in [0.25, 0.3) is 5.91 Å². The molecular weight excluding hydrogens is 366 g/mol. The normalized spacial score (nSPS) is 19.1. The SMILES string of the molecule is NCc1cccc(C(=O)N2C[C@H](O)C[C@H]2C(=O)NCc2ccc(Cl)cc2)c1. The Morgan fingerprint density at radius 1 is 1.19 bits per heavy atom. The average Bonchev–Trinajstić information content (AvgIpc) is 3.08. The Morgan fingerprint density at radius 3 is 2.63 bits per heavy atom. The van der Waals surface area contributed by atoms with E-state index in [1.165, 1.54) is 4.90 Å². The number of carbonyl (C=O) groups excluding carboxylic acids is 2. The Hall–Kier alpha value is -2.41. The standard InChI is InChI=1S/C20H22ClN3O3/c21-16-6-4-13(5-7-16)11-23-19(26)18-9-17(25)12-24(18)20(27)15-3-1-2-14(8-15)10-22/h1-8,17-18,25H,9-12,22H2,(H,23,26)/t17-,18+/m1/s1. The predicted molar refractivity (Wildman–Crippen MR) is 103 cm³/mol. The van der Waals surface area contributed by atoms with E-state index in [0.29, 0.717) is 23.7 Å². The van der Waals surface area contributed by atoms with E-state index < -0.39 is 12.1 Å². The number of nitrogens with zero attached hydrogens (tertiary/aromatic N) is 1. The number of nitrogens with two attached hydrogens (primary N) is 1. The first-order chi connectivity index (χ1) is 13.0. The number of carbonyl (C=O) groups is 2. The first-order valence-corrected chi connectivity index (χ1v) is 9.16. The number of halogens is 1. The van der Waals surface area contributed by atoms with Crippen LogP contribution in [0, 0.1) is 0 Å². The summed E-state index contributed by atoms with van der Waals surface area (Å²) in [6.07, 6.45) is -0.507. The van der Waals surface area contributed by atoms with Crippen LogP contribution >= 0.6 is 11.6 Å². The smallest absolute Gasteiger partial charge is 0.254 e. The maximum absolute atomic E-state index is 12.9. The first-order valence-electron chi connectivity index (χ1n) is 8.78. The molecule has 3 rings (SSSR count). The maximum atomic E-state index is 12.9. The summed E-state index contributed by atoms with van der Waals surface area (Å²) in [5.41, 5.74) is 7.84. The molecule has 2 amide bonds. The van der Waals surface area contributed by atoms with E-state index in [-0.39, 0.29) is 24.8 Å². The highest BCUT2D eigenvalue weighted by Crippen LogP contribution is 2.22. The molecule has 7 heteroatoms. The zero-order valence-corrected chi connectivity index (χ0v) is 15.5. The molecule has 1 aliphatic heterocycles. The van der Waals surface area contributed by atoms with E-state index in [1.54, 1.807) is 30.3 Å². The fourth-order valence-electron chi connectivity index (χ4n) is 3.19. The van der Waals surface area contributed by atoms with Crippen molar-refractivity contribution in [2.24, 2.45) is 5.73 Å². The Labute approximate surface area is 162 Å². The molecule has 1 aliphatic rings. The summed E-state index contributed by atoms with van der Waals surface area (Å²) in [6.45, 7) is 0.784. The Morgan fingerprint density at radius 2 is 1.93 bits per heavy atom. The summed E-state index contributed by atoms with van der Waals surface area (Å²) >= 11 is 5.86. The minimum absolute atomic E-state index is 0.130. The van der Waals surface area contributed by atoms with Crippen LogP contribution in [0.5, 0.6) is 0 Å². The number of hydrogen-bond donors (Lipinski definition) is 3. The molecule has 4 N–H and O–H groups in total. The molecule has 2 atom stereocenters. The van der Waals surface area contributed by atoms with Gasteiger partial charge in [-0.2, -0.15) is 0 Å². The molecule has 27 heavy (non-hydrogen) atoms. The Bertz CT molecular complexity index is 825. The van der Waals surface area contributed by atoms with Gasteiger partial charge >= 0.3 is 0 Å².